The van der Waals surface area contributed by atoms with Crippen molar-refractivity contribution < 1.29 is 14.0 Å². The average molecular weight is 343 g/mol. The van der Waals surface area contributed by atoms with Gasteiger partial charge in [-0.25, -0.2) is 0 Å². The molecule has 23 heavy (non-hydrogen) atoms. The van der Waals surface area contributed by atoms with Gasteiger partial charge in [0, 0.05) is 19.4 Å². The van der Waals surface area contributed by atoms with Crippen molar-refractivity contribution in [2.24, 2.45) is 11.8 Å². The molecule has 0 aliphatic heterocycles. The van der Waals surface area contributed by atoms with Crippen molar-refractivity contribution in [2.75, 3.05) is 7.11 Å². The lowest BCUT2D eigenvalue weighted by Gasteiger charge is -2.42. The summed E-state index contributed by atoms with van der Waals surface area (Å²) in [6.07, 6.45) is 6.65. The summed E-state index contributed by atoms with van der Waals surface area (Å²) in [5, 5.41) is 0.132. The molecule has 0 radical (unpaired) electrons. The van der Waals surface area contributed by atoms with Gasteiger partial charge in [-0.15, -0.1) is 0 Å². The van der Waals surface area contributed by atoms with Crippen molar-refractivity contribution in [3.05, 3.63) is 12.2 Å². The van der Waals surface area contributed by atoms with Crippen LogP contribution < -0.4 is 0 Å². The van der Waals surface area contributed by atoms with Gasteiger partial charge in [0.2, 0.25) is 0 Å². The zero-order valence-corrected chi connectivity index (χ0v) is 17.7. The third-order valence-corrected chi connectivity index (χ3v) is 9.77. The number of carbonyl (C=O) groups excluding carboxylic acids is 1. The first-order valence-electron chi connectivity index (χ1n) is 8.77. The number of hydrogen-bond donors (Lipinski definition) is 0. The molecule has 0 aromatic rings. The molecule has 0 saturated carbocycles. The summed E-state index contributed by atoms with van der Waals surface area (Å²) in [7, 11) is -0.154. The summed E-state index contributed by atoms with van der Waals surface area (Å²) >= 11 is 0. The van der Waals surface area contributed by atoms with Crippen LogP contribution in [0.1, 0.15) is 54.4 Å². The normalized spacial score (nSPS) is 18.7. The van der Waals surface area contributed by atoms with Gasteiger partial charge in [0.25, 0.3) is 0 Å². The lowest BCUT2D eigenvalue weighted by molar-refractivity contribution is -0.111. The van der Waals surface area contributed by atoms with Gasteiger partial charge in [-0.2, -0.15) is 0 Å². The lowest BCUT2D eigenvalue weighted by Crippen LogP contribution is -2.48. The van der Waals surface area contributed by atoms with E-state index in [-0.39, 0.29) is 23.2 Å². The monoisotopic (exact) mass is 342 g/mol. The van der Waals surface area contributed by atoms with E-state index in [9.17, 15) is 4.79 Å². The largest absolute Gasteiger partial charge is 0.413 e. The molecule has 3 nitrogen and oxygen atoms in total. The van der Waals surface area contributed by atoms with Crippen LogP contribution >= 0.6 is 0 Å². The van der Waals surface area contributed by atoms with Crippen LogP contribution in [-0.2, 0) is 14.0 Å². The van der Waals surface area contributed by atoms with E-state index in [1.165, 1.54) is 0 Å². The van der Waals surface area contributed by atoms with E-state index in [2.05, 4.69) is 59.9 Å². The van der Waals surface area contributed by atoms with Gasteiger partial charge in [-0.05, 0) is 37.4 Å². The molecule has 0 rings (SSSR count). The number of rotatable bonds is 10. The number of aldehydes is 1. The van der Waals surface area contributed by atoms with E-state index in [1.54, 1.807) is 7.11 Å². The summed E-state index contributed by atoms with van der Waals surface area (Å²) in [4.78, 5) is 11.2. The molecule has 0 heterocycles. The molecule has 0 aromatic carbocycles. The van der Waals surface area contributed by atoms with E-state index in [4.69, 9.17) is 9.16 Å². The summed E-state index contributed by atoms with van der Waals surface area (Å²) in [6, 6.07) is 0. The van der Waals surface area contributed by atoms with E-state index in [0.29, 0.717) is 12.3 Å². The summed E-state index contributed by atoms with van der Waals surface area (Å²) < 4.78 is 12.3. The Bertz CT molecular complexity index is 371. The van der Waals surface area contributed by atoms with Gasteiger partial charge in [-0.3, -0.25) is 0 Å². The van der Waals surface area contributed by atoms with Crippen molar-refractivity contribution in [3.63, 3.8) is 0 Å². The molecule has 136 valence electrons. The molecule has 0 N–H and O–H groups in total. The first kappa shape index (κ1) is 22.5. The van der Waals surface area contributed by atoms with Crippen LogP contribution in [0.4, 0.5) is 0 Å². The predicted octanol–water partition coefficient (Wildman–Crippen LogP) is 5.22. The molecule has 4 heteroatoms. The SMILES string of the molecule is C/C=C/C[C@H](C)[C@@H](OC)[C@@H](C)[C@@H](CC=O)O[Si](C)(C)C(C)(C)C. The van der Waals surface area contributed by atoms with Crippen LogP contribution in [0.25, 0.3) is 0 Å². The van der Waals surface area contributed by atoms with Crippen LogP contribution in [0.3, 0.4) is 0 Å². The highest BCUT2D eigenvalue weighted by molar-refractivity contribution is 6.74. The van der Waals surface area contributed by atoms with Crippen LogP contribution in [0.5, 0.6) is 0 Å². The fourth-order valence-electron chi connectivity index (χ4n) is 2.68. The minimum Gasteiger partial charge on any atom is -0.413 e. The number of hydrogen-bond acceptors (Lipinski definition) is 3. The van der Waals surface area contributed by atoms with Crippen molar-refractivity contribution in [2.45, 2.75) is 84.7 Å². The maximum atomic E-state index is 11.2. The minimum atomic E-state index is -1.92. The molecule has 0 fully saturated rings. The van der Waals surface area contributed by atoms with Crippen LogP contribution in [0, 0.1) is 11.8 Å². The highest BCUT2D eigenvalue weighted by atomic mass is 28.4. The number of methoxy groups -OCH3 is 1. The van der Waals surface area contributed by atoms with Crippen LogP contribution in [-0.4, -0.2) is 33.9 Å². The Morgan fingerprint density at radius 2 is 1.70 bits per heavy atom. The summed E-state index contributed by atoms with van der Waals surface area (Å²) in [5.74, 6) is 0.572. The Hall–Kier alpha value is -0.453. The maximum absolute atomic E-state index is 11.2. The molecule has 0 aliphatic carbocycles. The quantitative estimate of drug-likeness (QED) is 0.310. The van der Waals surface area contributed by atoms with Gasteiger partial charge < -0.3 is 14.0 Å². The molecule has 0 saturated heterocycles. The Morgan fingerprint density at radius 1 is 1.13 bits per heavy atom. The molecule has 0 bridgehead atoms. The molecular weight excluding hydrogens is 304 g/mol. The van der Waals surface area contributed by atoms with Crippen molar-refractivity contribution in [1.29, 1.82) is 0 Å². The highest BCUT2D eigenvalue weighted by Crippen LogP contribution is 2.39. The number of ether oxygens (including phenoxy) is 1. The third kappa shape index (κ3) is 6.90. The third-order valence-electron chi connectivity index (χ3n) is 5.26. The minimum absolute atomic E-state index is 0.0774. The highest BCUT2D eigenvalue weighted by Gasteiger charge is 2.41. The fourth-order valence-corrected chi connectivity index (χ4v) is 4.10. The molecule has 0 amide bonds. The van der Waals surface area contributed by atoms with Crippen molar-refractivity contribution in [1.82, 2.24) is 0 Å². The second-order valence-corrected chi connectivity index (χ2v) is 12.9. The fraction of sp³-hybridized carbons (Fsp3) is 0.842. The molecule has 4 atom stereocenters. The molecule has 0 unspecified atom stereocenters. The van der Waals surface area contributed by atoms with Crippen LogP contribution in [0.15, 0.2) is 12.2 Å². The van der Waals surface area contributed by atoms with E-state index < -0.39 is 8.32 Å². The molecule has 0 aromatic heterocycles. The topological polar surface area (TPSA) is 35.5 Å². The van der Waals surface area contributed by atoms with Gasteiger partial charge in [0.05, 0.1) is 12.2 Å². The van der Waals surface area contributed by atoms with Gasteiger partial charge >= 0.3 is 0 Å². The van der Waals surface area contributed by atoms with Crippen LogP contribution in [0.2, 0.25) is 18.1 Å². The van der Waals surface area contributed by atoms with Crippen molar-refractivity contribution >= 4 is 14.6 Å². The first-order chi connectivity index (χ1) is 10.5. The number of carbonyl (C=O) groups is 1. The second-order valence-electron chi connectivity index (χ2n) is 8.16. The first-order valence-corrected chi connectivity index (χ1v) is 11.7. The van der Waals surface area contributed by atoms with Crippen molar-refractivity contribution in [3.8, 4) is 0 Å². The molecule has 0 spiro atoms. The Balaban J connectivity index is 5.22. The maximum Gasteiger partial charge on any atom is 0.192 e. The zero-order valence-electron chi connectivity index (χ0n) is 16.7. The summed E-state index contributed by atoms with van der Waals surface area (Å²) in [6.45, 7) is 17.6. The Morgan fingerprint density at radius 3 is 2.09 bits per heavy atom. The van der Waals surface area contributed by atoms with Gasteiger partial charge in [0.1, 0.15) is 6.29 Å². The zero-order chi connectivity index (χ0) is 18.3. The van der Waals surface area contributed by atoms with Gasteiger partial charge in [0.15, 0.2) is 8.32 Å². The average Bonchev–Trinajstić information content (AvgIpc) is 2.43. The molecule has 0 aliphatic rings. The second kappa shape index (κ2) is 9.75. The van der Waals surface area contributed by atoms with E-state index in [1.807, 2.05) is 6.92 Å². The predicted molar refractivity (Wildman–Crippen MR) is 101 cm³/mol. The lowest BCUT2D eigenvalue weighted by atomic mass is 9.86. The number of allylic oxidation sites excluding steroid dienone is 2. The summed E-state index contributed by atoms with van der Waals surface area (Å²) in [5.41, 5.74) is 0. The standard InChI is InChI=1S/C19H38O3Si/c1-10-11-12-15(2)18(21-7)16(3)17(13-14-20)22-23(8,9)19(4,5)6/h10-11,14-18H,12-13H2,1-9H3/b11-10+/t15-,16-,17+,18+/m0/s1. The Kier molecular flexibility index (Phi) is 9.56. The smallest absolute Gasteiger partial charge is 0.192 e. The van der Waals surface area contributed by atoms with E-state index in [0.717, 1.165) is 12.7 Å². The molecular formula is C19H38O3Si. The van der Waals surface area contributed by atoms with Gasteiger partial charge in [-0.1, -0.05) is 46.8 Å². The van der Waals surface area contributed by atoms with E-state index >= 15 is 0 Å². The Labute approximate surface area is 145 Å².